The molecule has 1 aliphatic heterocycles. The second kappa shape index (κ2) is 26.2. The molecular weight excluding hydrogens is 1170 g/mol. The van der Waals surface area contributed by atoms with Gasteiger partial charge in [0.15, 0.2) is 19.7 Å². The molecule has 0 amide bonds. The molecule has 14 heteroatoms. The van der Waals surface area contributed by atoms with Crippen molar-refractivity contribution in [1.82, 2.24) is 0 Å². The Morgan fingerprint density at radius 2 is 0.978 bits per heavy atom. The highest BCUT2D eigenvalue weighted by Crippen LogP contribution is 2.67. The summed E-state index contributed by atoms with van der Waals surface area (Å²) in [7, 11) is -6.97. The number of allylic oxidation sites excluding steroid dienone is 2. The van der Waals surface area contributed by atoms with E-state index in [2.05, 4.69) is 53.7 Å². The summed E-state index contributed by atoms with van der Waals surface area (Å²) in [5, 5.41) is 32.6. The number of epoxide rings is 1. The third kappa shape index (κ3) is 14.4. The lowest BCUT2D eigenvalue weighted by molar-refractivity contribution is -0.107. The predicted octanol–water partition coefficient (Wildman–Crippen LogP) is 17.9. The van der Waals surface area contributed by atoms with Crippen LogP contribution in [-0.4, -0.2) is 84.0 Å². The van der Waals surface area contributed by atoms with Crippen LogP contribution in [0.2, 0.25) is 0 Å². The fraction of sp³-hybridized carbons (Fsp3) is 0.787. The number of benzene rings is 2. The Balaban J connectivity index is 0.000000171. The number of halogens is 4. The molecule has 10 aliphatic carbocycles. The Hall–Kier alpha value is -2.62. The molecule has 1 unspecified atom stereocenters. The maximum Gasteiger partial charge on any atom is 0.248 e. The van der Waals surface area contributed by atoms with Gasteiger partial charge in [0.1, 0.15) is 0 Å². The average molecular weight is 1280 g/mol. The summed E-state index contributed by atoms with van der Waals surface area (Å²) >= 11 is 0. The standard InChI is InChI=1S/C37H54F2O4S.C30H44O3S.C7H10F2O.CH4/c1-4-35(40)17-15-29-26(23-35)10-11-31-30(29)14-16-34(3)32(12-13-33(31)34)25(2)22-28(44(42,43)27-8-6-5-7-9-27)24-36(41)18-20-37(38,39)21-19-36;1-4-30(31)18-15-24-22(20-30)10-11-26-25(24)14-17-29(3)27(12-13-28(26)29)21(2)16-19-34(32,33)23-8-6-5-7-9-23;8-7(9)3-1-6(2-4-7)5-10-6;/h5-10,25,28-33,40-41H,4,11-24H2,1-3H3;5-10,21,24-28,31H,4,11-20H2,1-3H3;1-5H2;1H4/t25-,28?,29+,30-,31-,32-,33+,34-,35+;21-,24+,25-,26-,27-,28+,29-,30+;;/m11../s1. The molecule has 0 radical (unpaired) electrons. The van der Waals surface area contributed by atoms with Crippen LogP contribution in [-0.2, 0) is 24.4 Å². The van der Waals surface area contributed by atoms with Crippen molar-refractivity contribution in [3.05, 3.63) is 84.0 Å². The van der Waals surface area contributed by atoms with Crippen molar-refractivity contribution < 1.29 is 54.5 Å². The fourth-order valence-electron chi connectivity index (χ4n) is 21.4. The predicted molar refractivity (Wildman–Crippen MR) is 347 cm³/mol. The van der Waals surface area contributed by atoms with Crippen LogP contribution in [0.1, 0.15) is 235 Å². The minimum absolute atomic E-state index is 0. The molecular formula is C75H112F4O8S2. The molecule has 3 N–H and O–H groups in total. The molecule has 8 nitrogen and oxygen atoms in total. The van der Waals surface area contributed by atoms with Gasteiger partial charge in [-0.1, -0.05) is 109 Å². The summed E-state index contributed by atoms with van der Waals surface area (Å²) in [5.41, 5.74) is 1.08. The number of ether oxygens (including phenoxy) is 1. The Bertz CT molecular complexity index is 3010. The second-order valence-corrected chi connectivity index (χ2v) is 36.2. The molecule has 89 heavy (non-hydrogen) atoms. The van der Waals surface area contributed by atoms with Crippen LogP contribution in [0.5, 0.6) is 0 Å². The summed E-state index contributed by atoms with van der Waals surface area (Å²) in [6.07, 6.45) is 26.1. The molecule has 9 fully saturated rings. The van der Waals surface area contributed by atoms with E-state index in [1.807, 2.05) is 18.2 Å². The highest BCUT2D eigenvalue weighted by molar-refractivity contribution is 7.92. The minimum atomic E-state index is -3.76. The molecule has 1 heterocycles. The first kappa shape index (κ1) is 69.2. The highest BCUT2D eigenvalue weighted by Gasteiger charge is 2.60. The monoisotopic (exact) mass is 1280 g/mol. The number of aliphatic hydroxyl groups is 3. The van der Waals surface area contributed by atoms with Gasteiger partial charge in [0.2, 0.25) is 11.8 Å². The molecule has 500 valence electrons. The number of alkyl halides is 4. The van der Waals surface area contributed by atoms with Crippen molar-refractivity contribution >= 4 is 19.7 Å². The first-order chi connectivity index (χ1) is 41.5. The fourth-order valence-corrected chi connectivity index (χ4v) is 24.9. The summed E-state index contributed by atoms with van der Waals surface area (Å²) in [6.45, 7) is 14.5. The van der Waals surface area contributed by atoms with Crippen molar-refractivity contribution in [2.75, 3.05) is 12.4 Å². The van der Waals surface area contributed by atoms with Gasteiger partial charge in [0, 0.05) is 25.7 Å². The van der Waals surface area contributed by atoms with E-state index in [1.54, 1.807) is 48.0 Å². The van der Waals surface area contributed by atoms with E-state index in [1.165, 1.54) is 50.5 Å². The van der Waals surface area contributed by atoms with Gasteiger partial charge in [-0.15, -0.1) is 0 Å². The highest BCUT2D eigenvalue weighted by atomic mass is 32.2. The maximum absolute atomic E-state index is 14.1. The lowest BCUT2D eigenvalue weighted by Gasteiger charge is -2.55. The number of sulfone groups is 2. The first-order valence-electron chi connectivity index (χ1n) is 35.0. The molecule has 1 spiro atoms. The van der Waals surface area contributed by atoms with Gasteiger partial charge in [0.05, 0.1) is 49.8 Å². The molecule has 2 aromatic carbocycles. The van der Waals surface area contributed by atoms with Crippen LogP contribution < -0.4 is 0 Å². The van der Waals surface area contributed by atoms with Crippen molar-refractivity contribution in [2.45, 2.75) is 284 Å². The van der Waals surface area contributed by atoms with Gasteiger partial charge < -0.3 is 20.1 Å². The molecule has 13 rings (SSSR count). The summed E-state index contributed by atoms with van der Waals surface area (Å²) < 4.78 is 112. The summed E-state index contributed by atoms with van der Waals surface area (Å²) in [6, 6.07) is 17.5. The zero-order valence-electron chi connectivity index (χ0n) is 54.1. The number of rotatable bonds is 14. The molecule has 2 aromatic rings. The van der Waals surface area contributed by atoms with E-state index in [0.717, 1.165) is 94.8 Å². The van der Waals surface area contributed by atoms with E-state index in [9.17, 15) is 49.7 Å². The molecule has 0 aromatic heterocycles. The van der Waals surface area contributed by atoms with Gasteiger partial charge >= 0.3 is 0 Å². The van der Waals surface area contributed by atoms with Crippen molar-refractivity contribution in [1.29, 1.82) is 0 Å². The van der Waals surface area contributed by atoms with Crippen LogP contribution in [0.15, 0.2) is 93.8 Å². The first-order valence-corrected chi connectivity index (χ1v) is 38.2. The van der Waals surface area contributed by atoms with Gasteiger partial charge in [-0.25, -0.2) is 34.4 Å². The second-order valence-electron chi connectivity index (χ2n) is 31.9. The van der Waals surface area contributed by atoms with Crippen LogP contribution in [0.4, 0.5) is 17.6 Å². The topological polar surface area (TPSA) is 142 Å². The Labute approximate surface area is 533 Å². The zero-order chi connectivity index (χ0) is 62.9. The summed E-state index contributed by atoms with van der Waals surface area (Å²) in [4.78, 5) is 0.718. The Morgan fingerprint density at radius 3 is 1.43 bits per heavy atom. The SMILES string of the molecule is C.CC[C@]1(O)CC[C@H]2C(=CC[C@@H]3[C@@H]2CC[C@]2(C)[C@@H]([C@H](C)CC(CC4(O)CCC(F)(F)CC4)S(=O)(=O)c4ccccc4)CC[C@@H]32)C1.CC[C@]1(O)CC[C@H]2C(=CC[C@@H]3[C@@H]2CC[C@]2(C)[C@@H]([C@H](C)CCS(=O)(=O)c4ccccc4)CC[C@@H]32)C1.FC1(F)CCC2(CC1)CO2. The van der Waals surface area contributed by atoms with E-state index in [4.69, 9.17) is 4.74 Å². The normalized spacial score (nSPS) is 38.8. The Kier molecular flexibility index (Phi) is 20.4. The average Bonchev–Trinajstić information content (AvgIpc) is 1.70. The molecule has 17 atom stereocenters. The number of hydrogen-bond donors (Lipinski definition) is 3. The van der Waals surface area contributed by atoms with Gasteiger partial charge in [-0.3, -0.25) is 0 Å². The third-order valence-electron chi connectivity index (χ3n) is 27.1. The summed E-state index contributed by atoms with van der Waals surface area (Å²) in [5.74, 6) is 2.29. The number of fused-ring (bicyclic) bond motifs is 10. The maximum atomic E-state index is 14.1. The molecule has 11 aliphatic rings. The van der Waals surface area contributed by atoms with Crippen LogP contribution in [0.3, 0.4) is 0 Å². The lowest BCUT2D eigenvalue weighted by atomic mass is 9.50. The molecule has 8 saturated carbocycles. The zero-order valence-corrected chi connectivity index (χ0v) is 55.7. The van der Waals surface area contributed by atoms with Gasteiger partial charge in [-0.05, 0) is 267 Å². The minimum Gasteiger partial charge on any atom is -0.390 e. The van der Waals surface area contributed by atoms with E-state index < -0.39 is 66.4 Å². The molecule has 0 bridgehead atoms. The van der Waals surface area contributed by atoms with E-state index >= 15 is 0 Å². The molecule has 1 saturated heterocycles. The van der Waals surface area contributed by atoms with Crippen LogP contribution in [0.25, 0.3) is 0 Å². The smallest absolute Gasteiger partial charge is 0.248 e. The van der Waals surface area contributed by atoms with Crippen molar-refractivity contribution in [2.24, 2.45) is 81.8 Å². The lowest BCUT2D eigenvalue weighted by Crippen LogP contribution is -2.48. The quantitative estimate of drug-likeness (QED) is 0.0965. The van der Waals surface area contributed by atoms with Crippen LogP contribution >= 0.6 is 0 Å². The van der Waals surface area contributed by atoms with Crippen molar-refractivity contribution in [3.63, 3.8) is 0 Å². The largest absolute Gasteiger partial charge is 0.390 e. The van der Waals surface area contributed by atoms with Gasteiger partial charge in [0.25, 0.3) is 0 Å². The van der Waals surface area contributed by atoms with E-state index in [0.29, 0.717) is 83.5 Å². The van der Waals surface area contributed by atoms with Gasteiger partial charge in [-0.2, -0.15) is 0 Å². The van der Waals surface area contributed by atoms with E-state index in [-0.39, 0.29) is 67.1 Å². The third-order valence-corrected chi connectivity index (χ3v) is 31.0. The van der Waals surface area contributed by atoms with Crippen molar-refractivity contribution in [3.8, 4) is 0 Å². The Morgan fingerprint density at radius 1 is 0.539 bits per heavy atom. The number of hydrogen-bond acceptors (Lipinski definition) is 8. The van der Waals surface area contributed by atoms with Crippen LogP contribution in [0, 0.1) is 81.8 Å².